The fraction of sp³-hybridized carbons (Fsp3) is 0.429. The van der Waals surface area contributed by atoms with Crippen molar-refractivity contribution in [2.45, 2.75) is 52.0 Å². The second-order valence-electron chi connectivity index (χ2n) is 7.36. The lowest BCUT2D eigenvalue weighted by atomic mass is 9.97. The van der Waals surface area contributed by atoms with Crippen molar-refractivity contribution in [1.82, 2.24) is 9.55 Å². The molecule has 3 aromatic rings. The third kappa shape index (κ3) is 3.38. The number of halogens is 1. The standard InChI is InChI=1S/C21H24FN3OS/c1-13(2)25-20(26)18-15-8-4-6-10-17(15)27-19(18)24-21(25)23-12-11-14-7-3-5-9-16(14)22/h3,5,7,9,13H,4,6,8,10-12H2,1-2H3,(H,23,24). The Morgan fingerprint density at radius 3 is 2.81 bits per heavy atom. The first-order chi connectivity index (χ1) is 13.1. The highest BCUT2D eigenvalue weighted by molar-refractivity contribution is 7.18. The van der Waals surface area contributed by atoms with E-state index in [4.69, 9.17) is 4.98 Å². The van der Waals surface area contributed by atoms with E-state index in [1.807, 2.05) is 19.9 Å². The maximum atomic E-state index is 13.8. The first kappa shape index (κ1) is 18.2. The van der Waals surface area contributed by atoms with Crippen LogP contribution in [0.5, 0.6) is 0 Å². The van der Waals surface area contributed by atoms with Gasteiger partial charge in [0.2, 0.25) is 5.95 Å². The van der Waals surface area contributed by atoms with E-state index in [2.05, 4.69) is 5.32 Å². The van der Waals surface area contributed by atoms with Crippen LogP contribution in [0, 0.1) is 5.82 Å². The smallest absolute Gasteiger partial charge is 0.264 e. The molecule has 1 aromatic carbocycles. The summed E-state index contributed by atoms with van der Waals surface area (Å²) in [5, 5.41) is 4.08. The van der Waals surface area contributed by atoms with Crippen molar-refractivity contribution in [3.8, 4) is 0 Å². The lowest BCUT2D eigenvalue weighted by Crippen LogP contribution is -2.27. The quantitative estimate of drug-likeness (QED) is 0.692. The van der Waals surface area contributed by atoms with Gasteiger partial charge in [0.1, 0.15) is 10.6 Å². The van der Waals surface area contributed by atoms with Crippen molar-refractivity contribution in [3.05, 3.63) is 56.4 Å². The van der Waals surface area contributed by atoms with Gasteiger partial charge in [-0.2, -0.15) is 0 Å². The SMILES string of the molecule is CC(C)n1c(NCCc2ccccc2F)nc2sc3c(c2c1=O)CCCC3. The summed E-state index contributed by atoms with van der Waals surface area (Å²) in [6.07, 6.45) is 4.89. The number of nitrogens with one attached hydrogen (secondary N) is 1. The van der Waals surface area contributed by atoms with Crippen molar-refractivity contribution in [3.63, 3.8) is 0 Å². The third-order valence-corrected chi connectivity index (χ3v) is 6.36. The molecule has 0 radical (unpaired) electrons. The molecule has 4 rings (SSSR count). The van der Waals surface area contributed by atoms with Gasteiger partial charge in [-0.15, -0.1) is 11.3 Å². The summed E-state index contributed by atoms with van der Waals surface area (Å²) in [5.74, 6) is 0.382. The van der Waals surface area contributed by atoms with Crippen LogP contribution in [0.3, 0.4) is 0 Å². The molecule has 0 unspecified atom stereocenters. The second-order valence-corrected chi connectivity index (χ2v) is 8.45. The number of fused-ring (bicyclic) bond motifs is 3. The van der Waals surface area contributed by atoms with Gasteiger partial charge < -0.3 is 5.32 Å². The highest BCUT2D eigenvalue weighted by Gasteiger charge is 2.22. The average molecular weight is 386 g/mol. The number of aryl methyl sites for hydroxylation is 2. The Kier molecular flexibility index (Phi) is 5.00. The van der Waals surface area contributed by atoms with Crippen molar-refractivity contribution < 1.29 is 4.39 Å². The van der Waals surface area contributed by atoms with Crippen LogP contribution < -0.4 is 10.9 Å². The number of thiophene rings is 1. The highest BCUT2D eigenvalue weighted by atomic mass is 32.1. The van der Waals surface area contributed by atoms with Crippen LogP contribution in [0.4, 0.5) is 10.3 Å². The lowest BCUT2D eigenvalue weighted by Gasteiger charge is -2.17. The molecule has 142 valence electrons. The molecule has 0 saturated heterocycles. The molecule has 1 aliphatic rings. The minimum atomic E-state index is -0.199. The molecule has 0 atom stereocenters. The summed E-state index contributed by atoms with van der Waals surface area (Å²) in [5.41, 5.74) is 1.92. The minimum Gasteiger partial charge on any atom is -0.355 e. The molecular formula is C21H24FN3OS. The summed E-state index contributed by atoms with van der Waals surface area (Å²) < 4.78 is 15.6. The molecule has 0 aliphatic heterocycles. The van der Waals surface area contributed by atoms with Crippen LogP contribution in [-0.2, 0) is 19.3 Å². The Morgan fingerprint density at radius 2 is 2.04 bits per heavy atom. The molecule has 4 nitrogen and oxygen atoms in total. The molecule has 0 fully saturated rings. The Hall–Kier alpha value is -2.21. The molecule has 0 saturated carbocycles. The van der Waals surface area contributed by atoms with E-state index < -0.39 is 0 Å². The van der Waals surface area contributed by atoms with E-state index in [9.17, 15) is 9.18 Å². The zero-order valence-electron chi connectivity index (χ0n) is 15.7. The fourth-order valence-corrected chi connectivity index (χ4v) is 5.08. The average Bonchev–Trinajstić information content (AvgIpc) is 3.01. The van der Waals surface area contributed by atoms with E-state index in [-0.39, 0.29) is 17.4 Å². The monoisotopic (exact) mass is 385 g/mol. The molecule has 2 aromatic heterocycles. The van der Waals surface area contributed by atoms with Crippen LogP contribution >= 0.6 is 11.3 Å². The van der Waals surface area contributed by atoms with Crippen LogP contribution in [0.2, 0.25) is 0 Å². The Morgan fingerprint density at radius 1 is 1.26 bits per heavy atom. The number of anilines is 1. The molecular weight excluding hydrogens is 361 g/mol. The second kappa shape index (κ2) is 7.43. The van der Waals surface area contributed by atoms with Crippen molar-refractivity contribution in [1.29, 1.82) is 0 Å². The summed E-state index contributed by atoms with van der Waals surface area (Å²) in [6.45, 7) is 4.52. The number of rotatable bonds is 5. The van der Waals surface area contributed by atoms with Crippen molar-refractivity contribution in [2.75, 3.05) is 11.9 Å². The van der Waals surface area contributed by atoms with E-state index in [1.54, 1.807) is 28.0 Å². The number of aromatic nitrogens is 2. The first-order valence-corrected chi connectivity index (χ1v) is 10.4. The zero-order chi connectivity index (χ0) is 19.0. The van der Waals surface area contributed by atoms with Crippen LogP contribution in [0.25, 0.3) is 10.2 Å². The van der Waals surface area contributed by atoms with Gasteiger partial charge in [-0.25, -0.2) is 9.37 Å². The molecule has 6 heteroatoms. The molecule has 0 bridgehead atoms. The number of benzene rings is 1. The minimum absolute atomic E-state index is 0.00417. The maximum absolute atomic E-state index is 13.8. The van der Waals surface area contributed by atoms with Gasteiger partial charge in [-0.05, 0) is 63.1 Å². The number of nitrogens with zero attached hydrogens (tertiary/aromatic N) is 2. The number of hydrogen-bond acceptors (Lipinski definition) is 4. The number of hydrogen-bond donors (Lipinski definition) is 1. The van der Waals surface area contributed by atoms with Gasteiger partial charge in [0.25, 0.3) is 5.56 Å². The molecule has 27 heavy (non-hydrogen) atoms. The Balaban J connectivity index is 1.68. The van der Waals surface area contributed by atoms with Crippen molar-refractivity contribution in [2.24, 2.45) is 0 Å². The summed E-state index contributed by atoms with van der Waals surface area (Å²) >= 11 is 1.66. The van der Waals surface area contributed by atoms with Crippen LogP contribution in [0.1, 0.15) is 48.7 Å². The molecule has 0 amide bonds. The van der Waals surface area contributed by atoms with Gasteiger partial charge in [0.15, 0.2) is 0 Å². The zero-order valence-corrected chi connectivity index (χ0v) is 16.5. The summed E-state index contributed by atoms with van der Waals surface area (Å²) in [4.78, 5) is 20.2. The predicted octanol–water partition coefficient (Wildman–Crippen LogP) is 4.71. The van der Waals surface area contributed by atoms with E-state index in [1.165, 1.54) is 22.9 Å². The highest BCUT2D eigenvalue weighted by Crippen LogP contribution is 2.34. The van der Waals surface area contributed by atoms with Crippen LogP contribution in [0.15, 0.2) is 29.1 Å². The Labute approximate surface area is 162 Å². The van der Waals surface area contributed by atoms with Gasteiger partial charge in [-0.1, -0.05) is 18.2 Å². The molecule has 1 N–H and O–H groups in total. The lowest BCUT2D eigenvalue weighted by molar-refractivity contribution is 0.578. The summed E-state index contributed by atoms with van der Waals surface area (Å²) in [7, 11) is 0. The largest absolute Gasteiger partial charge is 0.355 e. The molecule has 2 heterocycles. The predicted molar refractivity (Wildman–Crippen MR) is 110 cm³/mol. The van der Waals surface area contributed by atoms with E-state index in [0.29, 0.717) is 24.5 Å². The van der Waals surface area contributed by atoms with Gasteiger partial charge in [-0.3, -0.25) is 9.36 Å². The first-order valence-electron chi connectivity index (χ1n) is 9.60. The van der Waals surface area contributed by atoms with E-state index >= 15 is 0 Å². The normalized spacial score (nSPS) is 13.9. The third-order valence-electron chi connectivity index (χ3n) is 5.17. The fourth-order valence-electron chi connectivity index (χ4n) is 3.83. The molecule has 0 spiro atoms. The van der Waals surface area contributed by atoms with Gasteiger partial charge >= 0.3 is 0 Å². The maximum Gasteiger partial charge on any atom is 0.264 e. The molecule has 1 aliphatic carbocycles. The van der Waals surface area contributed by atoms with Gasteiger partial charge in [0.05, 0.1) is 5.39 Å². The van der Waals surface area contributed by atoms with Crippen molar-refractivity contribution >= 4 is 27.5 Å². The van der Waals surface area contributed by atoms with E-state index in [0.717, 1.165) is 29.5 Å². The Bertz CT molecular complexity index is 1040. The van der Waals surface area contributed by atoms with Gasteiger partial charge in [0, 0.05) is 17.5 Å². The van der Waals surface area contributed by atoms with Crippen LogP contribution in [-0.4, -0.2) is 16.1 Å². The topological polar surface area (TPSA) is 46.9 Å². The summed E-state index contributed by atoms with van der Waals surface area (Å²) in [6, 6.07) is 6.79.